The summed E-state index contributed by atoms with van der Waals surface area (Å²) in [6, 6.07) is 2.50. The predicted molar refractivity (Wildman–Crippen MR) is 61.7 cm³/mol. The number of alkyl halides is 6. The van der Waals surface area contributed by atoms with Crippen LogP contribution in [0.25, 0.3) is 0 Å². The molecule has 1 N–H and O–H groups in total. The Kier molecular flexibility index (Phi) is 3.23. The number of fused-ring (bicyclic) bond motifs is 1. The Morgan fingerprint density at radius 2 is 1.65 bits per heavy atom. The quantitative estimate of drug-likeness (QED) is 0.518. The second-order valence-electron chi connectivity index (χ2n) is 4.18. The predicted octanol–water partition coefficient (Wildman–Crippen LogP) is 3.72. The van der Waals surface area contributed by atoms with E-state index in [2.05, 4.69) is 3.07 Å². The van der Waals surface area contributed by atoms with Crippen LogP contribution in [0.5, 0.6) is 0 Å². The van der Waals surface area contributed by atoms with Crippen LogP contribution in [0.1, 0.15) is 11.1 Å². The second-order valence-corrected chi connectivity index (χ2v) is 8.29. The Morgan fingerprint density at radius 1 is 1.15 bits per heavy atom. The van der Waals surface area contributed by atoms with Crippen LogP contribution in [0.2, 0.25) is 0 Å². The third kappa shape index (κ3) is 1.96. The maximum atomic E-state index is 13.0. The zero-order chi connectivity index (χ0) is 15.6. The van der Waals surface area contributed by atoms with Crippen molar-refractivity contribution in [1.29, 1.82) is 0 Å². The molecule has 1 heterocycles. The van der Waals surface area contributed by atoms with E-state index in [1.807, 2.05) is 0 Å². The average Bonchev–Trinajstić information content (AvgIpc) is 2.46. The van der Waals surface area contributed by atoms with Gasteiger partial charge in [-0.05, 0) is 0 Å². The zero-order valence-electron chi connectivity index (χ0n) is 9.64. The summed E-state index contributed by atoms with van der Waals surface area (Å²) >= 11 is -6.00. The van der Waals surface area contributed by atoms with Gasteiger partial charge in [-0.2, -0.15) is 0 Å². The normalized spacial score (nSPS) is 28.8. The van der Waals surface area contributed by atoms with Crippen molar-refractivity contribution >= 4 is 19.3 Å². The average molecular weight is 416 g/mol. The molecular weight excluding hydrogens is 409 g/mol. The van der Waals surface area contributed by atoms with Gasteiger partial charge in [0.15, 0.2) is 0 Å². The molecule has 1 aliphatic rings. The third-order valence-electron chi connectivity index (χ3n) is 2.78. The summed E-state index contributed by atoms with van der Waals surface area (Å²) in [6.45, 7) is 1.27. The molecule has 114 valence electrons. The monoisotopic (exact) mass is 416 g/mol. The van der Waals surface area contributed by atoms with Crippen LogP contribution in [-0.2, 0) is 11.7 Å². The van der Waals surface area contributed by atoms with Crippen molar-refractivity contribution in [1.82, 2.24) is 0 Å². The van der Waals surface area contributed by atoms with E-state index in [1.165, 1.54) is 6.92 Å². The summed E-state index contributed by atoms with van der Waals surface area (Å²) in [6.07, 6.45) is -11.8. The van der Waals surface area contributed by atoms with Crippen LogP contribution >= 0.6 is 19.3 Å². The van der Waals surface area contributed by atoms with Crippen LogP contribution in [0.3, 0.4) is 0 Å². The summed E-state index contributed by atoms with van der Waals surface area (Å²) < 4.78 is 102. The number of aryl methyl sites for hydroxylation is 1. The molecule has 0 aromatic heterocycles. The SMILES string of the molecule is Cc1ccc2c(c1)C(C(F)(F)F)(C(F)(F)F)OI2(=O)O. The summed E-state index contributed by atoms with van der Waals surface area (Å²) in [5.74, 6) is 0. The fraction of sp³-hybridized carbons (Fsp3) is 0.400. The van der Waals surface area contributed by atoms with Gasteiger partial charge >= 0.3 is 113 Å². The van der Waals surface area contributed by atoms with E-state index in [0.29, 0.717) is 6.07 Å². The van der Waals surface area contributed by atoms with Gasteiger partial charge in [-0.15, -0.1) is 0 Å². The van der Waals surface area contributed by atoms with Gasteiger partial charge in [-0.1, -0.05) is 0 Å². The first-order chi connectivity index (χ1) is 8.83. The molecule has 1 unspecified atom stereocenters. The molecule has 0 amide bonds. The Labute approximate surface area is 113 Å². The first kappa shape index (κ1) is 15.6. The minimum atomic E-state index is -6.00. The molecular formula is C10H7F6IO3. The molecule has 0 spiro atoms. The van der Waals surface area contributed by atoms with E-state index in [1.54, 1.807) is 0 Å². The van der Waals surface area contributed by atoms with Gasteiger partial charge in [0.1, 0.15) is 0 Å². The number of rotatable bonds is 0. The van der Waals surface area contributed by atoms with E-state index in [9.17, 15) is 32.8 Å². The van der Waals surface area contributed by atoms with E-state index in [-0.39, 0.29) is 5.56 Å². The number of hydrogen-bond donors (Lipinski definition) is 1. The van der Waals surface area contributed by atoms with Crippen LogP contribution < -0.4 is 0 Å². The molecule has 1 aromatic carbocycles. The molecule has 1 aliphatic heterocycles. The Hall–Kier alpha value is -0.750. The molecule has 0 aliphatic carbocycles. The Balaban J connectivity index is 2.89. The van der Waals surface area contributed by atoms with Gasteiger partial charge in [-0.3, -0.25) is 0 Å². The van der Waals surface area contributed by atoms with Crippen molar-refractivity contribution in [2.45, 2.75) is 24.9 Å². The zero-order valence-corrected chi connectivity index (χ0v) is 11.8. The van der Waals surface area contributed by atoms with Crippen molar-refractivity contribution in [3.8, 4) is 0 Å². The van der Waals surface area contributed by atoms with Crippen molar-refractivity contribution < 1.29 is 35.9 Å². The first-order valence-corrected chi connectivity index (χ1v) is 8.80. The van der Waals surface area contributed by atoms with Crippen molar-refractivity contribution in [2.24, 2.45) is 0 Å². The molecule has 0 saturated heterocycles. The van der Waals surface area contributed by atoms with Crippen molar-refractivity contribution in [2.75, 3.05) is 0 Å². The van der Waals surface area contributed by atoms with E-state index < -0.39 is 46.3 Å². The van der Waals surface area contributed by atoms with Gasteiger partial charge in [0.2, 0.25) is 0 Å². The topological polar surface area (TPSA) is 46.5 Å². The fourth-order valence-corrected chi connectivity index (χ4v) is 5.68. The molecule has 0 radical (unpaired) electrons. The van der Waals surface area contributed by atoms with Gasteiger partial charge < -0.3 is 0 Å². The summed E-state index contributed by atoms with van der Waals surface area (Å²) in [5.41, 5.74) is -6.02. The molecule has 10 heteroatoms. The minimum absolute atomic E-state index is 0.0871. The molecule has 0 fully saturated rings. The fourth-order valence-electron chi connectivity index (χ4n) is 1.91. The van der Waals surface area contributed by atoms with Crippen LogP contribution in [0.4, 0.5) is 26.3 Å². The Bertz CT molecular complexity index is 592. The van der Waals surface area contributed by atoms with E-state index in [0.717, 1.165) is 12.1 Å². The molecule has 3 nitrogen and oxygen atoms in total. The van der Waals surface area contributed by atoms with Crippen LogP contribution in [0, 0.1) is 10.5 Å². The standard InChI is InChI=1S/C10H7F6IO3/c1-5-2-3-7-6(4-5)8(9(11,12)13,10(14,15)16)20-17(7,18)19/h2-4H,1H3,(H,18,19). The molecule has 1 aromatic rings. The third-order valence-corrected chi connectivity index (χ3v) is 6.44. The van der Waals surface area contributed by atoms with Gasteiger partial charge in [-0.25, -0.2) is 0 Å². The van der Waals surface area contributed by atoms with Crippen molar-refractivity contribution in [3.63, 3.8) is 0 Å². The maximum absolute atomic E-state index is 13.0. The van der Waals surface area contributed by atoms with Gasteiger partial charge in [0.05, 0.1) is 0 Å². The molecule has 0 bridgehead atoms. The molecule has 1 atom stereocenters. The molecule has 0 saturated carbocycles. The van der Waals surface area contributed by atoms with Crippen LogP contribution in [0.15, 0.2) is 18.2 Å². The van der Waals surface area contributed by atoms with Crippen molar-refractivity contribution in [3.05, 3.63) is 32.9 Å². The first-order valence-electron chi connectivity index (χ1n) is 4.99. The summed E-state index contributed by atoms with van der Waals surface area (Å²) in [5, 5.41) is 0. The number of halogens is 7. The van der Waals surface area contributed by atoms with E-state index in [4.69, 9.17) is 0 Å². The summed E-state index contributed by atoms with van der Waals surface area (Å²) in [7, 11) is 0. The number of benzene rings is 1. The van der Waals surface area contributed by atoms with Gasteiger partial charge in [0.25, 0.3) is 0 Å². The van der Waals surface area contributed by atoms with Crippen LogP contribution in [-0.4, -0.2) is 15.8 Å². The molecule has 20 heavy (non-hydrogen) atoms. The van der Waals surface area contributed by atoms with E-state index >= 15 is 0 Å². The molecule has 2 rings (SSSR count). The number of hydrogen-bond acceptors (Lipinski definition) is 2. The summed E-state index contributed by atoms with van der Waals surface area (Å²) in [4.78, 5) is 0. The second kappa shape index (κ2) is 4.13. The Morgan fingerprint density at radius 3 is 2.10 bits per heavy atom. The van der Waals surface area contributed by atoms with Gasteiger partial charge in [0, 0.05) is 0 Å².